The second kappa shape index (κ2) is 4.68. The van der Waals surface area contributed by atoms with Gasteiger partial charge in [0.05, 0.1) is 23.6 Å². The molecule has 1 heterocycles. The van der Waals surface area contributed by atoms with Crippen LogP contribution in [0.4, 0.5) is 5.95 Å². The van der Waals surface area contributed by atoms with Crippen LogP contribution in [0.3, 0.4) is 0 Å². The number of methoxy groups -OCH3 is 1. The normalized spacial score (nSPS) is 11.5. The third-order valence-electron chi connectivity index (χ3n) is 2.83. The lowest BCUT2D eigenvalue weighted by Gasteiger charge is -2.21. The van der Waals surface area contributed by atoms with Crippen molar-refractivity contribution in [3.8, 4) is 0 Å². The van der Waals surface area contributed by atoms with E-state index < -0.39 is 5.41 Å². The summed E-state index contributed by atoms with van der Waals surface area (Å²) in [4.78, 5) is 19.1. The zero-order valence-corrected chi connectivity index (χ0v) is 10.8. The number of ether oxygens (including phenoxy) is 1. The summed E-state index contributed by atoms with van der Waals surface area (Å²) in [5.74, 6) is 0.416. The molecule has 5 heteroatoms. The van der Waals surface area contributed by atoms with E-state index in [-0.39, 0.29) is 5.97 Å². The number of aromatic amines is 1. The number of nitrogens with zero attached hydrogens (tertiary/aromatic N) is 1. The topological polar surface area (TPSA) is 67.0 Å². The minimum absolute atomic E-state index is 0.244. The van der Waals surface area contributed by atoms with Gasteiger partial charge in [-0.2, -0.15) is 0 Å². The van der Waals surface area contributed by atoms with Gasteiger partial charge in [0.15, 0.2) is 0 Å². The molecule has 0 aliphatic carbocycles. The van der Waals surface area contributed by atoms with Crippen LogP contribution < -0.4 is 5.32 Å². The van der Waals surface area contributed by atoms with Crippen molar-refractivity contribution in [3.05, 3.63) is 24.3 Å². The fourth-order valence-electron chi connectivity index (χ4n) is 1.69. The number of fused-ring (bicyclic) bond motifs is 1. The van der Waals surface area contributed by atoms with Gasteiger partial charge in [0.2, 0.25) is 5.95 Å². The Bertz CT molecular complexity index is 527. The number of benzene rings is 1. The summed E-state index contributed by atoms with van der Waals surface area (Å²) >= 11 is 0. The van der Waals surface area contributed by atoms with Gasteiger partial charge < -0.3 is 15.0 Å². The molecular weight excluding hydrogens is 230 g/mol. The van der Waals surface area contributed by atoms with Crippen LogP contribution in [-0.4, -0.2) is 29.6 Å². The number of H-pyrrole nitrogens is 1. The number of hydrogen-bond acceptors (Lipinski definition) is 4. The van der Waals surface area contributed by atoms with E-state index in [1.54, 1.807) is 0 Å². The standard InChI is InChI=1S/C13H17N3O2/c1-13(2,11(17)18-3)8-14-12-15-9-6-4-5-7-10(9)16-12/h4-7H,8H2,1-3H3,(H2,14,15,16). The van der Waals surface area contributed by atoms with Crippen molar-refractivity contribution in [3.63, 3.8) is 0 Å². The Labute approximate surface area is 106 Å². The zero-order chi connectivity index (χ0) is 13.2. The summed E-state index contributed by atoms with van der Waals surface area (Å²) in [6.45, 7) is 4.11. The highest BCUT2D eigenvalue weighted by atomic mass is 16.5. The van der Waals surface area contributed by atoms with Crippen molar-refractivity contribution in [1.29, 1.82) is 0 Å². The molecule has 5 nitrogen and oxygen atoms in total. The Hall–Kier alpha value is -2.04. The van der Waals surface area contributed by atoms with E-state index in [0.717, 1.165) is 11.0 Å². The minimum atomic E-state index is -0.590. The van der Waals surface area contributed by atoms with Crippen molar-refractivity contribution in [2.45, 2.75) is 13.8 Å². The highest BCUT2D eigenvalue weighted by molar-refractivity contribution is 5.78. The summed E-state index contributed by atoms with van der Waals surface area (Å²) in [6, 6.07) is 7.77. The van der Waals surface area contributed by atoms with Crippen LogP contribution in [-0.2, 0) is 9.53 Å². The highest BCUT2D eigenvalue weighted by Gasteiger charge is 2.28. The highest BCUT2D eigenvalue weighted by Crippen LogP contribution is 2.19. The first-order valence-electron chi connectivity index (χ1n) is 5.80. The number of aromatic nitrogens is 2. The molecule has 0 amide bonds. The maximum absolute atomic E-state index is 11.5. The lowest BCUT2D eigenvalue weighted by atomic mass is 9.94. The van der Waals surface area contributed by atoms with Crippen LogP contribution in [0.15, 0.2) is 24.3 Å². The van der Waals surface area contributed by atoms with Gasteiger partial charge in [-0.05, 0) is 26.0 Å². The van der Waals surface area contributed by atoms with Gasteiger partial charge >= 0.3 is 5.97 Å². The van der Waals surface area contributed by atoms with Crippen molar-refractivity contribution < 1.29 is 9.53 Å². The van der Waals surface area contributed by atoms with E-state index in [2.05, 4.69) is 15.3 Å². The summed E-state index contributed by atoms with van der Waals surface area (Å²) in [5.41, 5.74) is 1.28. The second-order valence-electron chi connectivity index (χ2n) is 4.83. The number of para-hydroxylation sites is 2. The van der Waals surface area contributed by atoms with Gasteiger partial charge in [-0.3, -0.25) is 4.79 Å². The van der Waals surface area contributed by atoms with Gasteiger partial charge in [0.1, 0.15) is 0 Å². The Kier molecular flexibility index (Phi) is 3.23. The monoisotopic (exact) mass is 247 g/mol. The molecule has 0 saturated carbocycles. The van der Waals surface area contributed by atoms with Gasteiger partial charge in [-0.15, -0.1) is 0 Å². The maximum atomic E-state index is 11.5. The Balaban J connectivity index is 2.08. The molecule has 0 radical (unpaired) electrons. The fourth-order valence-corrected chi connectivity index (χ4v) is 1.69. The van der Waals surface area contributed by atoms with Crippen molar-refractivity contribution in [2.24, 2.45) is 5.41 Å². The third-order valence-corrected chi connectivity index (χ3v) is 2.83. The van der Waals surface area contributed by atoms with Crippen LogP contribution in [0.2, 0.25) is 0 Å². The van der Waals surface area contributed by atoms with Crippen LogP contribution in [0.25, 0.3) is 11.0 Å². The SMILES string of the molecule is COC(=O)C(C)(C)CNc1nc2ccccc2[nH]1. The number of hydrogen-bond donors (Lipinski definition) is 2. The lowest BCUT2D eigenvalue weighted by Crippen LogP contribution is -2.33. The number of carbonyl (C=O) groups is 1. The smallest absolute Gasteiger partial charge is 0.313 e. The largest absolute Gasteiger partial charge is 0.469 e. The molecule has 0 unspecified atom stereocenters. The minimum Gasteiger partial charge on any atom is -0.469 e. The molecule has 2 N–H and O–H groups in total. The summed E-state index contributed by atoms with van der Waals surface area (Å²) in [7, 11) is 1.39. The third kappa shape index (κ3) is 2.45. The van der Waals surface area contributed by atoms with Crippen LogP contribution in [0.1, 0.15) is 13.8 Å². The van der Waals surface area contributed by atoms with E-state index in [9.17, 15) is 4.79 Å². The molecule has 0 atom stereocenters. The van der Waals surface area contributed by atoms with Crippen LogP contribution in [0, 0.1) is 5.41 Å². The molecule has 0 spiro atoms. The molecule has 0 aliphatic rings. The number of imidazole rings is 1. The molecule has 0 aliphatic heterocycles. The zero-order valence-electron chi connectivity index (χ0n) is 10.8. The number of anilines is 1. The van der Waals surface area contributed by atoms with Gasteiger partial charge in [-0.1, -0.05) is 12.1 Å². The summed E-state index contributed by atoms with van der Waals surface area (Å²) in [5, 5.41) is 3.12. The summed E-state index contributed by atoms with van der Waals surface area (Å²) in [6.07, 6.45) is 0. The molecule has 0 fully saturated rings. The van der Waals surface area contributed by atoms with Crippen molar-refractivity contribution in [1.82, 2.24) is 9.97 Å². The quantitative estimate of drug-likeness (QED) is 0.813. The van der Waals surface area contributed by atoms with E-state index in [1.807, 2.05) is 38.1 Å². The van der Waals surface area contributed by atoms with Crippen LogP contribution >= 0.6 is 0 Å². The van der Waals surface area contributed by atoms with E-state index in [0.29, 0.717) is 12.5 Å². The lowest BCUT2D eigenvalue weighted by molar-refractivity contribution is -0.149. The molecule has 0 saturated heterocycles. The van der Waals surface area contributed by atoms with Gasteiger partial charge in [-0.25, -0.2) is 4.98 Å². The van der Waals surface area contributed by atoms with Gasteiger partial charge in [0, 0.05) is 6.54 Å². The number of carbonyl (C=O) groups excluding carboxylic acids is 1. The number of esters is 1. The average Bonchev–Trinajstić information content (AvgIpc) is 2.78. The Morgan fingerprint density at radius 3 is 2.83 bits per heavy atom. The van der Waals surface area contributed by atoms with E-state index in [1.165, 1.54) is 7.11 Å². The average molecular weight is 247 g/mol. The Morgan fingerprint density at radius 1 is 1.44 bits per heavy atom. The van der Waals surface area contributed by atoms with Crippen molar-refractivity contribution in [2.75, 3.05) is 19.0 Å². The molecular formula is C13H17N3O2. The molecule has 1 aromatic heterocycles. The first kappa shape index (κ1) is 12.4. The predicted octanol–water partition coefficient (Wildman–Crippen LogP) is 2.17. The predicted molar refractivity (Wildman–Crippen MR) is 70.4 cm³/mol. The molecule has 1 aromatic carbocycles. The fraction of sp³-hybridized carbons (Fsp3) is 0.385. The molecule has 18 heavy (non-hydrogen) atoms. The van der Waals surface area contributed by atoms with Gasteiger partial charge in [0.25, 0.3) is 0 Å². The second-order valence-corrected chi connectivity index (χ2v) is 4.83. The first-order chi connectivity index (χ1) is 8.53. The van der Waals surface area contributed by atoms with Crippen molar-refractivity contribution >= 4 is 23.0 Å². The molecule has 0 bridgehead atoms. The maximum Gasteiger partial charge on any atom is 0.313 e. The summed E-state index contributed by atoms with van der Waals surface area (Å²) < 4.78 is 4.75. The Morgan fingerprint density at radius 2 is 2.17 bits per heavy atom. The number of rotatable bonds is 4. The first-order valence-corrected chi connectivity index (χ1v) is 5.80. The van der Waals surface area contributed by atoms with E-state index in [4.69, 9.17) is 4.74 Å². The molecule has 2 aromatic rings. The van der Waals surface area contributed by atoms with E-state index >= 15 is 0 Å². The molecule has 2 rings (SSSR count). The van der Waals surface area contributed by atoms with Crippen LogP contribution in [0.5, 0.6) is 0 Å². The number of nitrogens with one attached hydrogen (secondary N) is 2. The molecule has 96 valence electrons.